The zero-order chi connectivity index (χ0) is 19.6. The molecular formula is C24H26N4S. The highest BCUT2D eigenvalue weighted by Crippen LogP contribution is 2.29. The number of anilines is 2. The molecule has 1 saturated heterocycles. The molecule has 0 spiro atoms. The second kappa shape index (κ2) is 8.01. The molecule has 29 heavy (non-hydrogen) atoms. The van der Waals surface area contributed by atoms with E-state index in [0.717, 1.165) is 29.4 Å². The van der Waals surface area contributed by atoms with Crippen LogP contribution in [0.3, 0.4) is 0 Å². The lowest BCUT2D eigenvalue weighted by atomic mass is 10.0. The molecule has 1 fully saturated rings. The number of hydrogen-bond donors (Lipinski definition) is 2. The number of rotatable bonds is 6. The summed E-state index contributed by atoms with van der Waals surface area (Å²) in [6.07, 6.45) is 6.77. The minimum Gasteiger partial charge on any atom is -0.361 e. The number of nitrogens with zero attached hydrogens (tertiary/aromatic N) is 2. The van der Waals surface area contributed by atoms with Crippen LogP contribution in [0.5, 0.6) is 0 Å². The van der Waals surface area contributed by atoms with Crippen molar-refractivity contribution >= 4 is 33.1 Å². The Hall–Kier alpha value is -2.63. The van der Waals surface area contributed by atoms with Crippen LogP contribution in [0.4, 0.5) is 10.8 Å². The van der Waals surface area contributed by atoms with Gasteiger partial charge in [0.25, 0.3) is 0 Å². The van der Waals surface area contributed by atoms with Crippen LogP contribution in [-0.4, -0.2) is 34.5 Å². The number of nitrogens with one attached hydrogen (secondary N) is 2. The maximum atomic E-state index is 4.78. The Labute approximate surface area is 175 Å². The average Bonchev–Trinajstić information content (AvgIpc) is 3.45. The summed E-state index contributed by atoms with van der Waals surface area (Å²) in [6.45, 7) is 1.22. The molecule has 2 aromatic carbocycles. The van der Waals surface area contributed by atoms with Crippen LogP contribution < -0.4 is 5.32 Å². The van der Waals surface area contributed by atoms with E-state index in [1.165, 1.54) is 41.4 Å². The Bertz CT molecular complexity index is 1100. The van der Waals surface area contributed by atoms with E-state index >= 15 is 0 Å². The van der Waals surface area contributed by atoms with Crippen molar-refractivity contribution in [2.45, 2.75) is 31.7 Å². The fraction of sp³-hybridized carbons (Fsp3) is 0.292. The molecule has 3 heterocycles. The standard InChI is InChI=1S/C24H26N4S/c1-28-11-5-8-21(28)13-18-15-25-23-10-9-19(14-22(18)23)26-24-27-20(16-29-24)12-17-6-3-2-4-7-17/h2-4,6-7,9-10,14-16,21,25H,5,8,11-13H2,1H3,(H,26,27)/t21-/m1/s1. The molecule has 0 bridgehead atoms. The zero-order valence-electron chi connectivity index (χ0n) is 16.7. The molecule has 4 nitrogen and oxygen atoms in total. The molecule has 2 aromatic heterocycles. The minimum atomic E-state index is 0.658. The van der Waals surface area contributed by atoms with Crippen molar-refractivity contribution in [1.82, 2.24) is 14.9 Å². The van der Waals surface area contributed by atoms with Gasteiger partial charge in [-0.05, 0) is 62.2 Å². The van der Waals surface area contributed by atoms with E-state index in [0.29, 0.717) is 6.04 Å². The number of thiazole rings is 1. The Balaban J connectivity index is 1.32. The van der Waals surface area contributed by atoms with Gasteiger partial charge >= 0.3 is 0 Å². The maximum absolute atomic E-state index is 4.78. The van der Waals surface area contributed by atoms with Crippen LogP contribution in [0.15, 0.2) is 60.1 Å². The summed E-state index contributed by atoms with van der Waals surface area (Å²) in [7, 11) is 2.25. The predicted molar refractivity (Wildman–Crippen MR) is 122 cm³/mol. The predicted octanol–water partition coefficient (Wildman–Crippen LogP) is 5.60. The Morgan fingerprint density at radius 1 is 1.21 bits per heavy atom. The summed E-state index contributed by atoms with van der Waals surface area (Å²) >= 11 is 1.67. The fourth-order valence-corrected chi connectivity index (χ4v) is 5.02. The van der Waals surface area contributed by atoms with Gasteiger partial charge in [0.2, 0.25) is 0 Å². The van der Waals surface area contributed by atoms with Crippen molar-refractivity contribution in [1.29, 1.82) is 0 Å². The van der Waals surface area contributed by atoms with Crippen LogP contribution in [-0.2, 0) is 12.8 Å². The van der Waals surface area contributed by atoms with Gasteiger partial charge in [-0.2, -0.15) is 0 Å². The van der Waals surface area contributed by atoms with Gasteiger partial charge in [0, 0.05) is 40.6 Å². The Morgan fingerprint density at radius 3 is 2.93 bits per heavy atom. The minimum absolute atomic E-state index is 0.658. The summed E-state index contributed by atoms with van der Waals surface area (Å²) in [6, 6.07) is 17.7. The van der Waals surface area contributed by atoms with Crippen LogP contribution in [0.2, 0.25) is 0 Å². The molecule has 5 rings (SSSR count). The molecule has 148 valence electrons. The molecule has 5 heteroatoms. The first kappa shape index (κ1) is 18.4. The maximum Gasteiger partial charge on any atom is 0.187 e. The summed E-state index contributed by atoms with van der Waals surface area (Å²) in [5.74, 6) is 0. The van der Waals surface area contributed by atoms with E-state index < -0.39 is 0 Å². The van der Waals surface area contributed by atoms with Gasteiger partial charge in [0.15, 0.2) is 5.13 Å². The molecule has 1 atom stereocenters. The van der Waals surface area contributed by atoms with Crippen molar-refractivity contribution in [2.24, 2.45) is 0 Å². The molecule has 1 aliphatic heterocycles. The second-order valence-electron chi connectivity index (χ2n) is 7.99. The molecule has 0 saturated carbocycles. The highest BCUT2D eigenvalue weighted by molar-refractivity contribution is 7.13. The van der Waals surface area contributed by atoms with Crippen LogP contribution in [0.1, 0.15) is 29.7 Å². The molecule has 0 radical (unpaired) electrons. The number of benzene rings is 2. The van der Waals surface area contributed by atoms with E-state index in [-0.39, 0.29) is 0 Å². The number of H-pyrrole nitrogens is 1. The first-order valence-corrected chi connectivity index (χ1v) is 11.2. The highest BCUT2D eigenvalue weighted by atomic mass is 32.1. The number of fused-ring (bicyclic) bond motifs is 1. The number of likely N-dealkylation sites (tertiary alicyclic amines) is 1. The SMILES string of the molecule is CN1CCC[C@@H]1Cc1c[nH]c2ccc(Nc3nc(Cc4ccccc4)cs3)cc12. The van der Waals surface area contributed by atoms with Crippen molar-refractivity contribution in [3.63, 3.8) is 0 Å². The van der Waals surface area contributed by atoms with Crippen LogP contribution in [0.25, 0.3) is 10.9 Å². The largest absolute Gasteiger partial charge is 0.361 e. The molecule has 0 amide bonds. The summed E-state index contributed by atoms with van der Waals surface area (Å²) in [5, 5.41) is 7.91. The third kappa shape index (κ3) is 4.07. The van der Waals surface area contributed by atoms with Gasteiger partial charge in [0.05, 0.1) is 5.69 Å². The number of aromatic nitrogens is 2. The highest BCUT2D eigenvalue weighted by Gasteiger charge is 2.22. The molecule has 1 aliphatic rings. The Kier molecular flexibility index (Phi) is 5.08. The quantitative estimate of drug-likeness (QED) is 0.441. The third-order valence-electron chi connectivity index (χ3n) is 5.93. The van der Waals surface area contributed by atoms with Crippen molar-refractivity contribution in [3.8, 4) is 0 Å². The van der Waals surface area contributed by atoms with Crippen LogP contribution >= 0.6 is 11.3 Å². The van der Waals surface area contributed by atoms with Crippen molar-refractivity contribution < 1.29 is 0 Å². The zero-order valence-corrected chi connectivity index (χ0v) is 17.5. The molecular weight excluding hydrogens is 376 g/mol. The van der Waals surface area contributed by atoms with Gasteiger partial charge in [-0.1, -0.05) is 30.3 Å². The average molecular weight is 403 g/mol. The van der Waals surface area contributed by atoms with Crippen LogP contribution in [0, 0.1) is 0 Å². The fourth-order valence-electron chi connectivity index (χ4n) is 4.29. The summed E-state index contributed by atoms with van der Waals surface area (Å²) in [4.78, 5) is 10.7. The number of hydrogen-bond acceptors (Lipinski definition) is 4. The lowest BCUT2D eigenvalue weighted by Crippen LogP contribution is -2.26. The van der Waals surface area contributed by atoms with E-state index in [4.69, 9.17) is 4.98 Å². The normalized spacial score (nSPS) is 17.2. The number of aromatic amines is 1. The molecule has 2 N–H and O–H groups in total. The van der Waals surface area contributed by atoms with Gasteiger partial charge in [0.1, 0.15) is 0 Å². The second-order valence-corrected chi connectivity index (χ2v) is 8.84. The Morgan fingerprint density at radius 2 is 2.10 bits per heavy atom. The third-order valence-corrected chi connectivity index (χ3v) is 6.73. The smallest absolute Gasteiger partial charge is 0.187 e. The lowest BCUT2D eigenvalue weighted by Gasteiger charge is -2.18. The van der Waals surface area contributed by atoms with E-state index in [1.54, 1.807) is 11.3 Å². The van der Waals surface area contributed by atoms with Crippen molar-refractivity contribution in [2.75, 3.05) is 18.9 Å². The van der Waals surface area contributed by atoms with E-state index in [2.05, 4.69) is 76.3 Å². The first-order chi connectivity index (χ1) is 14.2. The van der Waals surface area contributed by atoms with E-state index in [9.17, 15) is 0 Å². The summed E-state index contributed by atoms with van der Waals surface area (Å²) in [5.41, 5.74) is 6.11. The monoisotopic (exact) mass is 402 g/mol. The van der Waals surface area contributed by atoms with Gasteiger partial charge in [-0.15, -0.1) is 11.3 Å². The molecule has 4 aromatic rings. The number of likely N-dealkylation sites (N-methyl/N-ethyl adjacent to an activating group) is 1. The molecule has 0 aliphatic carbocycles. The topological polar surface area (TPSA) is 44.0 Å². The van der Waals surface area contributed by atoms with Crippen molar-refractivity contribution in [3.05, 3.63) is 76.9 Å². The van der Waals surface area contributed by atoms with Gasteiger partial charge in [-0.3, -0.25) is 0 Å². The molecule has 0 unspecified atom stereocenters. The van der Waals surface area contributed by atoms with E-state index in [1.807, 2.05) is 6.07 Å². The first-order valence-electron chi connectivity index (χ1n) is 10.3. The van der Waals surface area contributed by atoms with Gasteiger partial charge in [-0.25, -0.2) is 4.98 Å². The van der Waals surface area contributed by atoms with Gasteiger partial charge < -0.3 is 15.2 Å². The lowest BCUT2D eigenvalue weighted by molar-refractivity contribution is 0.310. The summed E-state index contributed by atoms with van der Waals surface area (Å²) < 4.78 is 0.